The van der Waals surface area contributed by atoms with Crippen LogP contribution in [0.4, 0.5) is 0 Å². The molecule has 1 aliphatic heterocycles. The fraction of sp³-hybridized carbons (Fsp3) is 1.00. The molecule has 1 aliphatic rings. The number of rotatable bonds is 6. The molecule has 1 rings (SSSR count). The zero-order valence-corrected chi connectivity index (χ0v) is 10.0. The molecule has 0 amide bonds. The highest BCUT2D eigenvalue weighted by molar-refractivity contribution is 7.99. The van der Waals surface area contributed by atoms with Crippen molar-refractivity contribution in [3.05, 3.63) is 0 Å². The van der Waals surface area contributed by atoms with Crippen molar-refractivity contribution in [2.75, 3.05) is 37.0 Å². The standard InChI is InChI=1S/C10H20ClNS/c1-2-13-8-7-12-6-4-10(9-12)3-5-11/h10H,2-9H2,1H3. The van der Waals surface area contributed by atoms with Gasteiger partial charge in [0.05, 0.1) is 0 Å². The molecule has 1 heterocycles. The minimum Gasteiger partial charge on any atom is -0.302 e. The van der Waals surface area contributed by atoms with Crippen molar-refractivity contribution >= 4 is 23.4 Å². The van der Waals surface area contributed by atoms with E-state index in [2.05, 4.69) is 11.8 Å². The molecule has 1 atom stereocenters. The lowest BCUT2D eigenvalue weighted by Gasteiger charge is -2.14. The van der Waals surface area contributed by atoms with Crippen molar-refractivity contribution in [1.29, 1.82) is 0 Å². The molecule has 0 aromatic rings. The highest BCUT2D eigenvalue weighted by Gasteiger charge is 2.20. The van der Waals surface area contributed by atoms with E-state index >= 15 is 0 Å². The Labute approximate surface area is 91.2 Å². The molecule has 3 heteroatoms. The normalized spacial score (nSPS) is 24.0. The summed E-state index contributed by atoms with van der Waals surface area (Å²) in [7, 11) is 0. The third-order valence-electron chi connectivity index (χ3n) is 2.64. The molecule has 78 valence electrons. The third-order valence-corrected chi connectivity index (χ3v) is 3.74. The largest absolute Gasteiger partial charge is 0.302 e. The molecule has 1 nitrogen and oxygen atoms in total. The van der Waals surface area contributed by atoms with Crippen LogP contribution < -0.4 is 0 Å². The van der Waals surface area contributed by atoms with Crippen LogP contribution in [0.25, 0.3) is 0 Å². The van der Waals surface area contributed by atoms with E-state index in [1.54, 1.807) is 0 Å². The molecule has 0 bridgehead atoms. The maximum absolute atomic E-state index is 5.73. The molecular formula is C10H20ClNS. The molecule has 0 saturated carbocycles. The zero-order valence-electron chi connectivity index (χ0n) is 8.47. The minimum atomic E-state index is 0.836. The molecule has 0 aromatic carbocycles. The van der Waals surface area contributed by atoms with Gasteiger partial charge in [0.25, 0.3) is 0 Å². The molecule has 13 heavy (non-hydrogen) atoms. The van der Waals surface area contributed by atoms with Gasteiger partial charge in [-0.2, -0.15) is 11.8 Å². The van der Waals surface area contributed by atoms with Gasteiger partial charge in [-0.05, 0) is 31.1 Å². The van der Waals surface area contributed by atoms with Crippen LogP contribution >= 0.6 is 23.4 Å². The number of likely N-dealkylation sites (tertiary alicyclic amines) is 1. The van der Waals surface area contributed by atoms with E-state index in [1.165, 1.54) is 44.0 Å². The average molecular weight is 222 g/mol. The van der Waals surface area contributed by atoms with Crippen molar-refractivity contribution in [2.45, 2.75) is 19.8 Å². The topological polar surface area (TPSA) is 3.24 Å². The lowest BCUT2D eigenvalue weighted by Crippen LogP contribution is -2.23. The highest BCUT2D eigenvalue weighted by atomic mass is 35.5. The van der Waals surface area contributed by atoms with Crippen molar-refractivity contribution < 1.29 is 0 Å². The summed E-state index contributed by atoms with van der Waals surface area (Å²) < 4.78 is 0. The Morgan fingerprint density at radius 3 is 3.08 bits per heavy atom. The Morgan fingerprint density at radius 2 is 2.38 bits per heavy atom. The van der Waals surface area contributed by atoms with Crippen LogP contribution in [0, 0.1) is 5.92 Å². The van der Waals surface area contributed by atoms with Gasteiger partial charge in [0.1, 0.15) is 0 Å². The quantitative estimate of drug-likeness (QED) is 0.501. The van der Waals surface area contributed by atoms with Gasteiger partial charge < -0.3 is 4.90 Å². The fourth-order valence-corrected chi connectivity index (χ4v) is 2.83. The van der Waals surface area contributed by atoms with E-state index in [1.807, 2.05) is 11.8 Å². The predicted octanol–water partition coefficient (Wildman–Crippen LogP) is 2.69. The van der Waals surface area contributed by atoms with Crippen LogP contribution in [0.1, 0.15) is 19.8 Å². The summed E-state index contributed by atoms with van der Waals surface area (Å²) in [4.78, 5) is 2.58. The van der Waals surface area contributed by atoms with Gasteiger partial charge in [-0.15, -0.1) is 11.6 Å². The van der Waals surface area contributed by atoms with E-state index in [0.29, 0.717) is 0 Å². The lowest BCUT2D eigenvalue weighted by molar-refractivity contribution is 0.343. The average Bonchev–Trinajstić information content (AvgIpc) is 2.54. The lowest BCUT2D eigenvalue weighted by atomic mass is 10.1. The van der Waals surface area contributed by atoms with Crippen molar-refractivity contribution in [2.24, 2.45) is 5.92 Å². The van der Waals surface area contributed by atoms with E-state index in [0.717, 1.165) is 11.8 Å². The number of nitrogens with zero attached hydrogens (tertiary/aromatic N) is 1. The minimum absolute atomic E-state index is 0.836. The van der Waals surface area contributed by atoms with Gasteiger partial charge in [-0.3, -0.25) is 0 Å². The molecule has 0 spiro atoms. The number of alkyl halides is 1. The molecule has 0 aromatic heterocycles. The molecule has 0 radical (unpaired) electrons. The summed E-state index contributed by atoms with van der Waals surface area (Å²) in [6.45, 7) is 6.09. The fourth-order valence-electron chi connectivity index (χ4n) is 1.84. The zero-order chi connectivity index (χ0) is 9.52. The molecule has 1 unspecified atom stereocenters. The van der Waals surface area contributed by atoms with Gasteiger partial charge in [0.15, 0.2) is 0 Å². The van der Waals surface area contributed by atoms with E-state index in [-0.39, 0.29) is 0 Å². The van der Waals surface area contributed by atoms with Gasteiger partial charge in [-0.1, -0.05) is 6.92 Å². The highest BCUT2D eigenvalue weighted by Crippen LogP contribution is 2.19. The molecule has 0 N–H and O–H groups in total. The Bertz CT molecular complexity index is 132. The van der Waals surface area contributed by atoms with E-state index in [4.69, 9.17) is 11.6 Å². The number of halogens is 1. The molecule has 1 saturated heterocycles. The Kier molecular flexibility index (Phi) is 6.26. The second kappa shape index (κ2) is 6.97. The summed E-state index contributed by atoms with van der Waals surface area (Å²) in [5.41, 5.74) is 0. The van der Waals surface area contributed by atoms with Crippen LogP contribution in [-0.4, -0.2) is 41.9 Å². The Hall–Kier alpha value is 0.600. The van der Waals surface area contributed by atoms with Crippen LogP contribution in [0.3, 0.4) is 0 Å². The first-order chi connectivity index (χ1) is 6.36. The summed E-state index contributed by atoms with van der Waals surface area (Å²) in [5, 5.41) is 0. The van der Waals surface area contributed by atoms with Gasteiger partial charge in [0.2, 0.25) is 0 Å². The maximum Gasteiger partial charge on any atom is 0.0226 e. The number of hydrogen-bond acceptors (Lipinski definition) is 2. The third kappa shape index (κ3) is 4.57. The van der Waals surface area contributed by atoms with E-state index in [9.17, 15) is 0 Å². The second-order valence-electron chi connectivity index (χ2n) is 3.63. The van der Waals surface area contributed by atoms with Crippen molar-refractivity contribution in [3.63, 3.8) is 0 Å². The van der Waals surface area contributed by atoms with Gasteiger partial charge in [0, 0.05) is 24.7 Å². The van der Waals surface area contributed by atoms with Crippen LogP contribution in [0.15, 0.2) is 0 Å². The second-order valence-corrected chi connectivity index (χ2v) is 5.40. The first-order valence-electron chi connectivity index (χ1n) is 5.23. The summed E-state index contributed by atoms with van der Waals surface area (Å²) in [6, 6.07) is 0. The smallest absolute Gasteiger partial charge is 0.0226 e. The number of thioether (sulfide) groups is 1. The summed E-state index contributed by atoms with van der Waals surface area (Å²) in [5.74, 6) is 4.26. The molecule has 0 aliphatic carbocycles. The first kappa shape index (κ1) is 11.7. The first-order valence-corrected chi connectivity index (χ1v) is 6.91. The summed E-state index contributed by atoms with van der Waals surface area (Å²) in [6.07, 6.45) is 2.57. The van der Waals surface area contributed by atoms with Crippen molar-refractivity contribution in [3.8, 4) is 0 Å². The summed E-state index contributed by atoms with van der Waals surface area (Å²) >= 11 is 7.78. The van der Waals surface area contributed by atoms with E-state index < -0.39 is 0 Å². The van der Waals surface area contributed by atoms with Crippen LogP contribution in [0.2, 0.25) is 0 Å². The predicted molar refractivity (Wildman–Crippen MR) is 62.9 cm³/mol. The molecule has 1 fully saturated rings. The van der Waals surface area contributed by atoms with Crippen molar-refractivity contribution in [1.82, 2.24) is 4.90 Å². The van der Waals surface area contributed by atoms with Crippen LogP contribution in [-0.2, 0) is 0 Å². The molecular weight excluding hydrogens is 202 g/mol. The van der Waals surface area contributed by atoms with Crippen LogP contribution in [0.5, 0.6) is 0 Å². The van der Waals surface area contributed by atoms with Gasteiger partial charge in [-0.25, -0.2) is 0 Å². The number of hydrogen-bond donors (Lipinski definition) is 0. The van der Waals surface area contributed by atoms with Gasteiger partial charge >= 0.3 is 0 Å². The SMILES string of the molecule is CCSCCN1CCC(CCCl)C1. The monoisotopic (exact) mass is 221 g/mol. The Morgan fingerprint density at radius 1 is 1.54 bits per heavy atom. The maximum atomic E-state index is 5.73. The Balaban J connectivity index is 2.03.